The van der Waals surface area contributed by atoms with Gasteiger partial charge in [0.2, 0.25) is 5.91 Å². The van der Waals surface area contributed by atoms with Gasteiger partial charge in [-0.25, -0.2) is 4.79 Å². The molecule has 0 aromatic carbocycles. The first-order valence-electron chi connectivity index (χ1n) is 9.00. The highest BCUT2D eigenvalue weighted by molar-refractivity contribution is 7.17. The third kappa shape index (κ3) is 4.40. The molecule has 1 atom stereocenters. The summed E-state index contributed by atoms with van der Waals surface area (Å²) in [5.74, 6) is 0.141. The number of nitrogens with zero attached hydrogens (tertiary/aromatic N) is 1. The van der Waals surface area contributed by atoms with E-state index in [-0.39, 0.29) is 11.9 Å². The molecule has 2 aliphatic rings. The zero-order valence-corrected chi connectivity index (χ0v) is 15.7. The molecule has 1 aliphatic carbocycles. The monoisotopic (exact) mass is 366 g/mol. The first kappa shape index (κ1) is 18.4. The van der Waals surface area contributed by atoms with Crippen molar-refractivity contribution in [3.63, 3.8) is 0 Å². The molecule has 25 heavy (non-hydrogen) atoms. The second-order valence-corrected chi connectivity index (χ2v) is 7.82. The SMILES string of the molecule is CCOC(=O)c1c(NC(=O)CN2CCOCC2)sc2c1CC(C)CC2. The number of nitrogens with one attached hydrogen (secondary N) is 1. The Morgan fingerprint density at radius 3 is 2.84 bits per heavy atom. The third-order valence-electron chi connectivity index (χ3n) is 4.71. The number of morpholine rings is 1. The molecule has 1 aromatic rings. The molecule has 0 bridgehead atoms. The third-order valence-corrected chi connectivity index (χ3v) is 5.92. The maximum Gasteiger partial charge on any atom is 0.341 e. The number of rotatable bonds is 5. The molecule has 0 spiro atoms. The Hall–Kier alpha value is -1.44. The first-order valence-corrected chi connectivity index (χ1v) is 9.81. The van der Waals surface area contributed by atoms with Crippen LogP contribution in [0.2, 0.25) is 0 Å². The summed E-state index contributed by atoms with van der Waals surface area (Å²) < 4.78 is 10.6. The van der Waals surface area contributed by atoms with Gasteiger partial charge in [-0.2, -0.15) is 0 Å². The molecule has 0 radical (unpaired) electrons. The van der Waals surface area contributed by atoms with E-state index in [2.05, 4.69) is 17.1 Å². The highest BCUT2D eigenvalue weighted by atomic mass is 32.1. The minimum atomic E-state index is -0.323. The summed E-state index contributed by atoms with van der Waals surface area (Å²) in [5, 5.41) is 3.61. The molecule has 3 rings (SSSR count). The fourth-order valence-corrected chi connectivity index (χ4v) is 4.64. The minimum Gasteiger partial charge on any atom is -0.462 e. The van der Waals surface area contributed by atoms with Crippen molar-refractivity contribution in [1.82, 2.24) is 4.90 Å². The molecule has 0 saturated carbocycles. The second kappa shape index (κ2) is 8.29. The smallest absolute Gasteiger partial charge is 0.341 e. The van der Waals surface area contributed by atoms with Crippen LogP contribution in [0.4, 0.5) is 5.00 Å². The number of hydrogen-bond donors (Lipinski definition) is 1. The number of esters is 1. The van der Waals surface area contributed by atoms with Crippen LogP contribution in [0.15, 0.2) is 0 Å². The Morgan fingerprint density at radius 2 is 2.12 bits per heavy atom. The van der Waals surface area contributed by atoms with Crippen molar-refractivity contribution in [2.75, 3.05) is 44.8 Å². The molecular formula is C18H26N2O4S. The van der Waals surface area contributed by atoms with E-state index >= 15 is 0 Å². The Kier molecular flexibility index (Phi) is 6.09. The summed E-state index contributed by atoms with van der Waals surface area (Å²) in [6, 6.07) is 0. The Morgan fingerprint density at radius 1 is 1.36 bits per heavy atom. The van der Waals surface area contributed by atoms with Crippen molar-refractivity contribution in [3.05, 3.63) is 16.0 Å². The molecule has 1 amide bonds. The maximum absolute atomic E-state index is 12.5. The van der Waals surface area contributed by atoms with Gasteiger partial charge in [-0.3, -0.25) is 9.69 Å². The van der Waals surface area contributed by atoms with E-state index in [0.29, 0.717) is 42.8 Å². The fourth-order valence-electron chi connectivity index (χ4n) is 3.39. The van der Waals surface area contributed by atoms with Crippen LogP contribution < -0.4 is 5.32 Å². The summed E-state index contributed by atoms with van der Waals surface area (Å²) in [6.07, 6.45) is 2.96. The van der Waals surface area contributed by atoms with E-state index in [1.165, 1.54) is 16.2 Å². The Balaban J connectivity index is 1.77. The van der Waals surface area contributed by atoms with Crippen LogP contribution in [0.5, 0.6) is 0 Å². The average molecular weight is 366 g/mol. The summed E-state index contributed by atoms with van der Waals surface area (Å²) in [7, 11) is 0. The largest absolute Gasteiger partial charge is 0.462 e. The number of carbonyl (C=O) groups excluding carboxylic acids is 2. The van der Waals surface area contributed by atoms with E-state index in [9.17, 15) is 9.59 Å². The lowest BCUT2D eigenvalue weighted by molar-refractivity contribution is -0.118. The number of carbonyl (C=O) groups is 2. The van der Waals surface area contributed by atoms with Crippen molar-refractivity contribution in [3.8, 4) is 0 Å². The highest BCUT2D eigenvalue weighted by Crippen LogP contribution is 2.40. The van der Waals surface area contributed by atoms with Crippen LogP contribution in [0.25, 0.3) is 0 Å². The van der Waals surface area contributed by atoms with Gasteiger partial charge in [0.25, 0.3) is 0 Å². The second-order valence-electron chi connectivity index (χ2n) is 6.71. The lowest BCUT2D eigenvalue weighted by Gasteiger charge is -2.25. The minimum absolute atomic E-state index is 0.0842. The molecule has 6 nitrogen and oxygen atoms in total. The average Bonchev–Trinajstić information content (AvgIpc) is 2.92. The van der Waals surface area contributed by atoms with Crippen LogP contribution in [-0.4, -0.2) is 56.2 Å². The Labute approximate surface area is 152 Å². The topological polar surface area (TPSA) is 67.9 Å². The molecule has 1 saturated heterocycles. The summed E-state index contributed by atoms with van der Waals surface area (Å²) >= 11 is 1.53. The van der Waals surface area contributed by atoms with Gasteiger partial charge < -0.3 is 14.8 Å². The zero-order valence-electron chi connectivity index (χ0n) is 14.9. The molecule has 7 heteroatoms. The van der Waals surface area contributed by atoms with E-state index < -0.39 is 0 Å². The molecule has 1 unspecified atom stereocenters. The number of ether oxygens (including phenoxy) is 2. The van der Waals surface area contributed by atoms with Crippen molar-refractivity contribution in [2.24, 2.45) is 5.92 Å². The van der Waals surface area contributed by atoms with Crippen LogP contribution in [0.3, 0.4) is 0 Å². The van der Waals surface area contributed by atoms with Crippen molar-refractivity contribution in [2.45, 2.75) is 33.1 Å². The van der Waals surface area contributed by atoms with Gasteiger partial charge in [0.1, 0.15) is 5.00 Å². The normalized spacial score (nSPS) is 20.8. The molecule has 1 aromatic heterocycles. The van der Waals surface area contributed by atoms with Crippen molar-refractivity contribution in [1.29, 1.82) is 0 Å². The lowest BCUT2D eigenvalue weighted by Crippen LogP contribution is -2.41. The van der Waals surface area contributed by atoms with Gasteiger partial charge in [-0.15, -0.1) is 11.3 Å². The lowest BCUT2D eigenvalue weighted by atomic mass is 9.88. The zero-order chi connectivity index (χ0) is 17.8. The highest BCUT2D eigenvalue weighted by Gasteiger charge is 2.29. The van der Waals surface area contributed by atoms with Crippen molar-refractivity contribution < 1.29 is 19.1 Å². The maximum atomic E-state index is 12.5. The van der Waals surface area contributed by atoms with E-state index in [1.54, 1.807) is 6.92 Å². The quantitative estimate of drug-likeness (QED) is 0.810. The molecule has 138 valence electrons. The van der Waals surface area contributed by atoms with Crippen LogP contribution >= 0.6 is 11.3 Å². The standard InChI is InChI=1S/C18H26N2O4S/c1-3-24-18(22)16-13-10-12(2)4-5-14(13)25-17(16)19-15(21)11-20-6-8-23-9-7-20/h12H,3-11H2,1-2H3,(H,19,21). The number of thiophene rings is 1. The van der Waals surface area contributed by atoms with E-state index in [0.717, 1.165) is 37.9 Å². The van der Waals surface area contributed by atoms with Gasteiger partial charge in [0.15, 0.2) is 0 Å². The Bertz CT molecular complexity index is 637. The van der Waals surface area contributed by atoms with Gasteiger partial charge in [-0.1, -0.05) is 6.92 Å². The van der Waals surface area contributed by atoms with Gasteiger partial charge in [0.05, 0.1) is 31.9 Å². The number of aryl methyl sites for hydroxylation is 1. The molecule has 1 aliphatic heterocycles. The number of fused-ring (bicyclic) bond motifs is 1. The van der Waals surface area contributed by atoms with Crippen molar-refractivity contribution >= 4 is 28.2 Å². The molecule has 1 N–H and O–H groups in total. The van der Waals surface area contributed by atoms with Gasteiger partial charge >= 0.3 is 5.97 Å². The van der Waals surface area contributed by atoms with Gasteiger partial charge in [0, 0.05) is 18.0 Å². The predicted octanol–water partition coefficient (Wildman–Crippen LogP) is 2.32. The fraction of sp³-hybridized carbons (Fsp3) is 0.667. The summed E-state index contributed by atoms with van der Waals surface area (Å²) in [5.41, 5.74) is 1.65. The summed E-state index contributed by atoms with van der Waals surface area (Å²) in [6.45, 7) is 7.50. The van der Waals surface area contributed by atoms with Crippen LogP contribution in [0.1, 0.15) is 41.1 Å². The predicted molar refractivity (Wildman–Crippen MR) is 97.4 cm³/mol. The van der Waals surface area contributed by atoms with E-state index in [1.807, 2.05) is 0 Å². The molecular weight excluding hydrogens is 340 g/mol. The molecule has 2 heterocycles. The van der Waals surface area contributed by atoms with Crippen LogP contribution in [-0.2, 0) is 27.1 Å². The summed E-state index contributed by atoms with van der Waals surface area (Å²) in [4.78, 5) is 28.2. The van der Waals surface area contributed by atoms with E-state index in [4.69, 9.17) is 9.47 Å². The number of amides is 1. The number of anilines is 1. The van der Waals surface area contributed by atoms with Gasteiger partial charge in [-0.05, 0) is 37.7 Å². The molecule has 1 fully saturated rings. The first-order chi connectivity index (χ1) is 12.1. The van der Waals surface area contributed by atoms with Crippen LogP contribution in [0, 0.1) is 5.92 Å². The number of hydrogen-bond acceptors (Lipinski definition) is 6.